The summed E-state index contributed by atoms with van der Waals surface area (Å²) in [6, 6.07) is 17.1. The van der Waals surface area contributed by atoms with Gasteiger partial charge in [-0.25, -0.2) is 0 Å². The highest BCUT2D eigenvalue weighted by atomic mass is 35.5. The molecule has 3 rings (SSSR count). The van der Waals surface area contributed by atoms with Gasteiger partial charge < -0.3 is 14.6 Å². The number of hydrogen-bond acceptors (Lipinski definition) is 5. The van der Waals surface area contributed by atoms with Gasteiger partial charge in [0.2, 0.25) is 5.91 Å². The number of para-hydroxylation sites is 1. The quantitative estimate of drug-likeness (QED) is 0.530. The Morgan fingerprint density at radius 1 is 1.14 bits per heavy atom. The van der Waals surface area contributed by atoms with Crippen molar-refractivity contribution in [2.24, 2.45) is 7.05 Å². The number of benzene rings is 2. The summed E-state index contributed by atoms with van der Waals surface area (Å²) in [5.41, 5.74) is 1.07. The minimum atomic E-state index is -0.339. The molecule has 0 fully saturated rings. The van der Waals surface area contributed by atoms with Gasteiger partial charge in [-0.15, -0.1) is 10.2 Å². The summed E-state index contributed by atoms with van der Waals surface area (Å²) in [6.45, 7) is 3.85. The number of hydrogen-bond donors (Lipinski definition) is 1. The first kappa shape index (κ1) is 21.2. The Morgan fingerprint density at radius 3 is 2.55 bits per heavy atom. The van der Waals surface area contributed by atoms with Crippen LogP contribution in [0, 0.1) is 0 Å². The molecular formula is C21H23ClN4O2S. The zero-order valence-corrected chi connectivity index (χ0v) is 18.1. The third-order valence-electron chi connectivity index (χ3n) is 4.38. The van der Waals surface area contributed by atoms with E-state index in [4.69, 9.17) is 16.3 Å². The molecule has 2 atom stereocenters. The molecule has 1 amide bonds. The first-order valence-corrected chi connectivity index (χ1v) is 10.6. The normalized spacial score (nSPS) is 13.0. The highest BCUT2D eigenvalue weighted by molar-refractivity contribution is 7.99. The Hall–Kier alpha value is -2.51. The van der Waals surface area contributed by atoms with E-state index in [1.54, 1.807) is 6.07 Å². The minimum Gasteiger partial charge on any atom is -0.481 e. The van der Waals surface area contributed by atoms with Gasteiger partial charge in [-0.3, -0.25) is 4.79 Å². The third-order valence-corrected chi connectivity index (χ3v) is 5.71. The molecule has 0 aliphatic rings. The number of ether oxygens (including phenoxy) is 1. The van der Waals surface area contributed by atoms with Crippen LogP contribution >= 0.6 is 23.4 Å². The number of carbonyl (C=O) groups excluding carboxylic acids is 1. The van der Waals surface area contributed by atoms with Gasteiger partial charge in [0.1, 0.15) is 5.75 Å². The van der Waals surface area contributed by atoms with E-state index >= 15 is 0 Å². The highest BCUT2D eigenvalue weighted by Crippen LogP contribution is 2.29. The largest absolute Gasteiger partial charge is 0.481 e. The maximum atomic E-state index is 12.3. The summed E-state index contributed by atoms with van der Waals surface area (Å²) in [5, 5.41) is 12.6. The SMILES string of the molecule is CC(NC(=O)CSc1nnc(C(C)Oc2ccccc2Cl)n1C)c1ccccc1. The molecule has 0 bridgehead atoms. The van der Waals surface area contributed by atoms with Crippen molar-refractivity contribution in [3.05, 3.63) is 71.0 Å². The number of thioether (sulfide) groups is 1. The number of halogens is 1. The second kappa shape index (κ2) is 9.80. The van der Waals surface area contributed by atoms with Crippen molar-refractivity contribution >= 4 is 29.3 Å². The predicted molar refractivity (Wildman–Crippen MR) is 115 cm³/mol. The molecule has 1 aromatic heterocycles. The average Bonchev–Trinajstić information content (AvgIpc) is 3.09. The van der Waals surface area contributed by atoms with Crippen LogP contribution < -0.4 is 10.1 Å². The topological polar surface area (TPSA) is 69.0 Å². The maximum absolute atomic E-state index is 12.3. The Kier molecular flexibility index (Phi) is 7.17. The van der Waals surface area contributed by atoms with Crippen LogP contribution in [0.15, 0.2) is 59.8 Å². The van der Waals surface area contributed by atoms with Gasteiger partial charge in [-0.2, -0.15) is 0 Å². The van der Waals surface area contributed by atoms with Gasteiger partial charge in [0.15, 0.2) is 17.1 Å². The predicted octanol–water partition coefficient (Wildman–Crippen LogP) is 4.58. The van der Waals surface area contributed by atoms with E-state index in [-0.39, 0.29) is 23.8 Å². The van der Waals surface area contributed by atoms with Crippen molar-refractivity contribution < 1.29 is 9.53 Å². The third kappa shape index (κ3) is 5.52. The molecule has 152 valence electrons. The molecule has 1 N–H and O–H groups in total. The van der Waals surface area contributed by atoms with Crippen LogP contribution in [0.2, 0.25) is 5.02 Å². The van der Waals surface area contributed by atoms with Crippen LogP contribution in [0.4, 0.5) is 0 Å². The lowest BCUT2D eigenvalue weighted by molar-refractivity contribution is -0.119. The zero-order chi connectivity index (χ0) is 20.8. The molecule has 0 spiro atoms. The van der Waals surface area contributed by atoms with Crippen LogP contribution in [-0.2, 0) is 11.8 Å². The molecule has 6 nitrogen and oxygen atoms in total. The van der Waals surface area contributed by atoms with Crippen molar-refractivity contribution in [3.8, 4) is 5.75 Å². The second-order valence-electron chi connectivity index (χ2n) is 6.58. The van der Waals surface area contributed by atoms with E-state index in [1.807, 2.05) is 74.0 Å². The highest BCUT2D eigenvalue weighted by Gasteiger charge is 2.19. The molecule has 0 saturated carbocycles. The standard InChI is InChI=1S/C21H23ClN4O2S/c1-14(16-9-5-4-6-10-16)23-19(27)13-29-21-25-24-20(26(21)3)15(2)28-18-12-8-7-11-17(18)22/h4-12,14-15H,13H2,1-3H3,(H,23,27). The van der Waals surface area contributed by atoms with Crippen molar-refractivity contribution in [2.45, 2.75) is 31.1 Å². The molecule has 0 saturated heterocycles. The molecular weight excluding hydrogens is 408 g/mol. The first-order valence-electron chi connectivity index (χ1n) is 9.23. The number of carbonyl (C=O) groups is 1. The van der Waals surface area contributed by atoms with Crippen LogP contribution in [0.3, 0.4) is 0 Å². The van der Waals surface area contributed by atoms with E-state index < -0.39 is 0 Å². The Morgan fingerprint density at radius 2 is 1.83 bits per heavy atom. The summed E-state index contributed by atoms with van der Waals surface area (Å²) >= 11 is 7.49. The number of nitrogens with zero attached hydrogens (tertiary/aromatic N) is 3. The molecule has 8 heteroatoms. The van der Waals surface area contributed by atoms with Crippen LogP contribution in [0.5, 0.6) is 5.75 Å². The maximum Gasteiger partial charge on any atom is 0.230 e. The lowest BCUT2D eigenvalue weighted by atomic mass is 10.1. The van der Waals surface area contributed by atoms with Gasteiger partial charge in [0, 0.05) is 7.05 Å². The van der Waals surface area contributed by atoms with E-state index in [2.05, 4.69) is 15.5 Å². The zero-order valence-electron chi connectivity index (χ0n) is 16.5. The molecule has 0 radical (unpaired) electrons. The van der Waals surface area contributed by atoms with Crippen molar-refractivity contribution in [2.75, 3.05) is 5.75 Å². The fourth-order valence-corrected chi connectivity index (χ4v) is 3.74. The average molecular weight is 431 g/mol. The lowest BCUT2D eigenvalue weighted by Crippen LogP contribution is -2.28. The van der Waals surface area contributed by atoms with E-state index in [1.165, 1.54) is 11.8 Å². The van der Waals surface area contributed by atoms with E-state index in [0.717, 1.165) is 5.56 Å². The molecule has 0 aliphatic heterocycles. The Balaban J connectivity index is 1.56. The summed E-state index contributed by atoms with van der Waals surface area (Å²) in [4.78, 5) is 12.3. The fraction of sp³-hybridized carbons (Fsp3) is 0.286. The van der Waals surface area contributed by atoms with Crippen LogP contribution in [0.25, 0.3) is 0 Å². The number of rotatable bonds is 8. The van der Waals surface area contributed by atoms with Crippen molar-refractivity contribution in [1.29, 1.82) is 0 Å². The second-order valence-corrected chi connectivity index (χ2v) is 7.93. The minimum absolute atomic E-state index is 0.0524. The first-order chi connectivity index (χ1) is 14.0. The van der Waals surface area contributed by atoms with Gasteiger partial charge in [-0.05, 0) is 31.5 Å². The van der Waals surface area contributed by atoms with E-state index in [0.29, 0.717) is 21.8 Å². The Bertz CT molecular complexity index is 964. The van der Waals surface area contributed by atoms with Crippen molar-refractivity contribution in [1.82, 2.24) is 20.1 Å². The van der Waals surface area contributed by atoms with Gasteiger partial charge in [0.05, 0.1) is 16.8 Å². The number of aromatic nitrogens is 3. The number of amides is 1. The molecule has 0 aliphatic carbocycles. The summed E-state index contributed by atoms with van der Waals surface area (Å²) in [6.07, 6.45) is -0.339. The summed E-state index contributed by atoms with van der Waals surface area (Å²) < 4.78 is 7.74. The van der Waals surface area contributed by atoms with Gasteiger partial charge >= 0.3 is 0 Å². The smallest absolute Gasteiger partial charge is 0.230 e. The summed E-state index contributed by atoms with van der Waals surface area (Å²) in [7, 11) is 1.86. The van der Waals surface area contributed by atoms with Gasteiger partial charge in [0.25, 0.3) is 0 Å². The molecule has 1 heterocycles. The van der Waals surface area contributed by atoms with Crippen LogP contribution in [0.1, 0.15) is 37.4 Å². The number of nitrogens with one attached hydrogen (secondary N) is 1. The molecule has 29 heavy (non-hydrogen) atoms. The van der Waals surface area contributed by atoms with Gasteiger partial charge in [-0.1, -0.05) is 65.8 Å². The molecule has 2 unspecified atom stereocenters. The molecule has 2 aromatic carbocycles. The monoisotopic (exact) mass is 430 g/mol. The fourth-order valence-electron chi connectivity index (χ4n) is 2.83. The Labute approximate surface area is 179 Å². The van der Waals surface area contributed by atoms with E-state index in [9.17, 15) is 4.79 Å². The summed E-state index contributed by atoms with van der Waals surface area (Å²) in [5.74, 6) is 1.44. The van der Waals surface area contributed by atoms with Crippen molar-refractivity contribution in [3.63, 3.8) is 0 Å². The van der Waals surface area contributed by atoms with Crippen LogP contribution in [-0.4, -0.2) is 26.4 Å². The molecule has 3 aromatic rings. The lowest BCUT2D eigenvalue weighted by Gasteiger charge is -2.15.